The molecule has 1 unspecified atom stereocenters. The van der Waals surface area contributed by atoms with Gasteiger partial charge in [-0.05, 0) is 42.0 Å². The van der Waals surface area contributed by atoms with Crippen LogP contribution in [-0.2, 0) is 14.3 Å². The second-order valence-corrected chi connectivity index (χ2v) is 8.66. The van der Waals surface area contributed by atoms with Crippen LogP contribution in [0, 0.1) is 5.92 Å². The summed E-state index contributed by atoms with van der Waals surface area (Å²) in [7, 11) is 0. The number of fused-ring (bicyclic) bond motifs is 3. The van der Waals surface area contributed by atoms with Gasteiger partial charge in [0.05, 0.1) is 0 Å². The lowest BCUT2D eigenvalue weighted by Gasteiger charge is -2.26. The lowest BCUT2D eigenvalue weighted by molar-refractivity contribution is -0.138. The average molecular weight is 439 g/mol. The smallest absolute Gasteiger partial charge is 0.408 e. The fraction of sp³-hybridized carbons (Fsp3) is 0.400. The van der Waals surface area contributed by atoms with Crippen LogP contribution >= 0.6 is 0 Å². The van der Waals surface area contributed by atoms with Gasteiger partial charge in [-0.2, -0.15) is 0 Å². The maximum Gasteiger partial charge on any atom is 0.408 e. The minimum atomic E-state index is -1.20. The van der Waals surface area contributed by atoms with Crippen molar-refractivity contribution in [1.82, 2.24) is 10.6 Å². The maximum absolute atomic E-state index is 12.6. The minimum Gasteiger partial charge on any atom is -0.481 e. The summed E-state index contributed by atoms with van der Waals surface area (Å²) in [5, 5.41) is 14.3. The Bertz CT molecular complexity index is 956. The second kappa shape index (κ2) is 9.85. The summed E-state index contributed by atoms with van der Waals surface area (Å²) in [4.78, 5) is 36.0. The summed E-state index contributed by atoms with van der Waals surface area (Å²) in [6.07, 6.45) is -0.0614. The van der Waals surface area contributed by atoms with Gasteiger partial charge in [0, 0.05) is 18.9 Å². The molecule has 1 atom stereocenters. The van der Waals surface area contributed by atoms with Crippen molar-refractivity contribution in [3.63, 3.8) is 0 Å². The van der Waals surface area contributed by atoms with Gasteiger partial charge in [0.1, 0.15) is 12.1 Å². The van der Waals surface area contributed by atoms with E-state index in [4.69, 9.17) is 9.84 Å². The van der Waals surface area contributed by atoms with Crippen LogP contribution in [0.1, 0.15) is 50.7 Å². The summed E-state index contributed by atoms with van der Waals surface area (Å²) < 4.78 is 5.52. The van der Waals surface area contributed by atoms with E-state index in [1.54, 1.807) is 13.8 Å². The molecule has 2 aromatic carbocycles. The fourth-order valence-electron chi connectivity index (χ4n) is 4.01. The zero-order valence-corrected chi connectivity index (χ0v) is 18.7. The van der Waals surface area contributed by atoms with Gasteiger partial charge < -0.3 is 20.5 Å². The van der Waals surface area contributed by atoms with Crippen LogP contribution in [0.3, 0.4) is 0 Å². The van der Waals surface area contributed by atoms with E-state index in [0.717, 1.165) is 22.3 Å². The van der Waals surface area contributed by atoms with Crippen LogP contribution in [0.4, 0.5) is 4.79 Å². The molecule has 0 heterocycles. The quantitative estimate of drug-likeness (QED) is 0.550. The van der Waals surface area contributed by atoms with Gasteiger partial charge in [0.15, 0.2) is 0 Å². The van der Waals surface area contributed by atoms with Crippen LogP contribution in [0.5, 0.6) is 0 Å². The number of alkyl carbamates (subject to hydrolysis) is 1. The highest BCUT2D eigenvalue weighted by atomic mass is 16.5. The molecule has 0 saturated carbocycles. The third-order valence-corrected chi connectivity index (χ3v) is 5.92. The van der Waals surface area contributed by atoms with Crippen molar-refractivity contribution in [2.75, 3.05) is 13.2 Å². The number of hydrogen-bond donors (Lipinski definition) is 3. The molecule has 0 aliphatic heterocycles. The first kappa shape index (κ1) is 23.3. The van der Waals surface area contributed by atoms with Gasteiger partial charge in [-0.25, -0.2) is 4.79 Å². The molecule has 1 aliphatic rings. The van der Waals surface area contributed by atoms with Crippen LogP contribution < -0.4 is 10.6 Å². The molecule has 3 rings (SSSR count). The third kappa shape index (κ3) is 5.28. The van der Waals surface area contributed by atoms with Crippen LogP contribution in [0.2, 0.25) is 0 Å². The Morgan fingerprint density at radius 2 is 1.59 bits per heavy atom. The number of carbonyl (C=O) groups excluding carboxylic acids is 2. The van der Waals surface area contributed by atoms with Crippen molar-refractivity contribution in [2.45, 2.75) is 45.1 Å². The lowest BCUT2D eigenvalue weighted by Crippen LogP contribution is -2.55. The maximum atomic E-state index is 12.6. The molecule has 1 aliphatic carbocycles. The number of hydrogen-bond acceptors (Lipinski definition) is 4. The predicted octanol–water partition coefficient (Wildman–Crippen LogP) is 3.92. The van der Waals surface area contributed by atoms with Crippen LogP contribution in [0.25, 0.3) is 11.1 Å². The zero-order chi connectivity index (χ0) is 23.3. The summed E-state index contributed by atoms with van der Waals surface area (Å²) in [6, 6.07) is 16.1. The molecule has 7 heteroatoms. The van der Waals surface area contributed by atoms with E-state index in [1.807, 2.05) is 43.3 Å². The van der Waals surface area contributed by atoms with Gasteiger partial charge in [0.2, 0.25) is 5.91 Å². The molecular formula is C25H30N2O5. The summed E-state index contributed by atoms with van der Waals surface area (Å²) in [6.45, 7) is 5.44. The first-order chi connectivity index (χ1) is 15.2. The summed E-state index contributed by atoms with van der Waals surface area (Å²) in [5.74, 6) is -1.52. The lowest BCUT2D eigenvalue weighted by atomic mass is 9.98. The highest BCUT2D eigenvalue weighted by Crippen LogP contribution is 2.44. The Labute approximate surface area is 188 Å². The van der Waals surface area contributed by atoms with Crippen molar-refractivity contribution in [3.8, 4) is 11.1 Å². The normalized spacial score (nSPS) is 13.6. The number of aliphatic carboxylic acids is 1. The standard InChI is InChI=1S/C25H30N2O5/c1-4-16(13-22(28)29)14-26-23(30)25(2,3)27-24(31)32-15-21-19-11-7-5-9-17(19)18-10-6-8-12-20(18)21/h5-12,16,21H,4,13-15H2,1-3H3,(H,26,30)(H,27,31)(H,28,29). The first-order valence-corrected chi connectivity index (χ1v) is 10.9. The Hall–Kier alpha value is -3.35. The Balaban J connectivity index is 1.57. The Morgan fingerprint density at radius 1 is 1.03 bits per heavy atom. The fourth-order valence-corrected chi connectivity index (χ4v) is 4.01. The molecule has 3 N–H and O–H groups in total. The van der Waals surface area contributed by atoms with Crippen LogP contribution in [0.15, 0.2) is 48.5 Å². The molecule has 0 spiro atoms. The SMILES string of the molecule is CCC(CNC(=O)C(C)(C)NC(=O)OCC1c2ccccc2-c2ccccc21)CC(=O)O. The number of benzene rings is 2. The van der Waals surface area contributed by atoms with Gasteiger partial charge in [-0.3, -0.25) is 9.59 Å². The molecule has 0 saturated heterocycles. The largest absolute Gasteiger partial charge is 0.481 e. The second-order valence-electron chi connectivity index (χ2n) is 8.66. The van der Waals surface area contributed by atoms with Gasteiger partial charge in [-0.15, -0.1) is 0 Å². The molecule has 2 aromatic rings. The van der Waals surface area contributed by atoms with E-state index < -0.39 is 23.5 Å². The molecule has 7 nitrogen and oxygen atoms in total. The Kier molecular flexibility index (Phi) is 7.18. The number of carbonyl (C=O) groups is 3. The topological polar surface area (TPSA) is 105 Å². The Morgan fingerprint density at radius 3 is 2.12 bits per heavy atom. The molecule has 170 valence electrons. The number of ether oxygens (including phenoxy) is 1. The minimum absolute atomic E-state index is 0.0168. The third-order valence-electron chi connectivity index (χ3n) is 5.92. The summed E-state index contributed by atoms with van der Waals surface area (Å²) in [5.41, 5.74) is 3.31. The molecule has 0 bridgehead atoms. The van der Waals surface area contributed by atoms with E-state index >= 15 is 0 Å². The number of nitrogens with one attached hydrogen (secondary N) is 2. The van der Waals surface area contributed by atoms with Crippen molar-refractivity contribution >= 4 is 18.0 Å². The van der Waals surface area contributed by atoms with Crippen molar-refractivity contribution in [3.05, 3.63) is 59.7 Å². The van der Waals surface area contributed by atoms with Gasteiger partial charge >= 0.3 is 12.1 Å². The highest BCUT2D eigenvalue weighted by molar-refractivity contribution is 5.89. The van der Waals surface area contributed by atoms with E-state index in [0.29, 0.717) is 6.42 Å². The molecule has 32 heavy (non-hydrogen) atoms. The van der Waals surface area contributed by atoms with Gasteiger partial charge in [0.25, 0.3) is 0 Å². The van der Waals surface area contributed by atoms with E-state index in [1.165, 1.54) is 0 Å². The highest BCUT2D eigenvalue weighted by Gasteiger charge is 2.32. The average Bonchev–Trinajstić information content (AvgIpc) is 3.08. The number of carboxylic acid groups (broad SMARTS) is 1. The van der Waals surface area contributed by atoms with Crippen LogP contribution in [-0.4, -0.2) is 41.8 Å². The number of rotatable bonds is 9. The molecule has 0 aromatic heterocycles. The van der Waals surface area contributed by atoms with Crippen molar-refractivity contribution in [2.24, 2.45) is 5.92 Å². The first-order valence-electron chi connectivity index (χ1n) is 10.9. The van der Waals surface area contributed by atoms with Crippen molar-refractivity contribution < 1.29 is 24.2 Å². The molecule has 0 radical (unpaired) electrons. The van der Waals surface area contributed by atoms with E-state index in [2.05, 4.69) is 22.8 Å². The van der Waals surface area contributed by atoms with Gasteiger partial charge in [-0.1, -0.05) is 61.9 Å². The predicted molar refractivity (Wildman–Crippen MR) is 121 cm³/mol. The zero-order valence-electron chi connectivity index (χ0n) is 18.7. The molecule has 0 fully saturated rings. The van der Waals surface area contributed by atoms with E-state index in [9.17, 15) is 14.4 Å². The number of amides is 2. The molecule has 2 amide bonds. The molecular weight excluding hydrogens is 408 g/mol. The monoisotopic (exact) mass is 438 g/mol. The summed E-state index contributed by atoms with van der Waals surface area (Å²) >= 11 is 0. The van der Waals surface area contributed by atoms with Crippen molar-refractivity contribution in [1.29, 1.82) is 0 Å². The number of carboxylic acids is 1. The van der Waals surface area contributed by atoms with E-state index in [-0.39, 0.29) is 31.4 Å².